The van der Waals surface area contributed by atoms with Crippen LogP contribution in [0.4, 0.5) is 0 Å². The molecule has 0 heterocycles. The zero-order valence-corrected chi connectivity index (χ0v) is 15.2. The van der Waals surface area contributed by atoms with Crippen LogP contribution in [0.25, 0.3) is 0 Å². The van der Waals surface area contributed by atoms with Crippen molar-refractivity contribution in [3.05, 3.63) is 24.3 Å². The monoisotopic (exact) mass is 314 g/mol. The fourth-order valence-electron chi connectivity index (χ4n) is 4.54. The van der Waals surface area contributed by atoms with Crippen molar-refractivity contribution in [3.63, 3.8) is 0 Å². The van der Waals surface area contributed by atoms with Crippen LogP contribution < -0.4 is 0 Å². The second kappa shape index (κ2) is 9.70. The average molecular weight is 315 g/mol. The molecule has 0 heteroatoms. The van der Waals surface area contributed by atoms with Crippen LogP contribution in [0.5, 0.6) is 0 Å². The van der Waals surface area contributed by atoms with Gasteiger partial charge in [-0.25, -0.2) is 0 Å². The molecule has 0 nitrogen and oxygen atoms in total. The predicted molar refractivity (Wildman–Crippen MR) is 101 cm³/mol. The van der Waals surface area contributed by atoms with Crippen molar-refractivity contribution in [2.45, 2.75) is 96.3 Å². The van der Waals surface area contributed by atoms with E-state index in [1.807, 2.05) is 0 Å². The van der Waals surface area contributed by atoms with Crippen LogP contribution in [-0.2, 0) is 0 Å². The minimum absolute atomic E-state index is 0.720. The maximum Gasteiger partial charge on any atom is -0.00534 e. The third kappa shape index (κ3) is 6.12. The first-order valence-corrected chi connectivity index (χ1v) is 10.7. The lowest BCUT2D eigenvalue weighted by molar-refractivity contribution is 0.298. The fraction of sp³-hybridized carbons (Fsp3) is 0.826. The van der Waals surface area contributed by atoms with Gasteiger partial charge in [0.25, 0.3) is 0 Å². The molecule has 0 saturated heterocycles. The van der Waals surface area contributed by atoms with Gasteiger partial charge in [-0.1, -0.05) is 88.5 Å². The van der Waals surface area contributed by atoms with Crippen LogP contribution in [0.15, 0.2) is 24.3 Å². The number of allylic oxidation sites excluding steroid dienone is 4. The molecule has 0 aliphatic heterocycles. The summed E-state index contributed by atoms with van der Waals surface area (Å²) in [7, 11) is 0. The molecule has 3 rings (SSSR count). The fourth-order valence-corrected chi connectivity index (χ4v) is 4.54. The molecule has 130 valence electrons. The van der Waals surface area contributed by atoms with E-state index in [9.17, 15) is 0 Å². The van der Waals surface area contributed by atoms with E-state index in [0.29, 0.717) is 0 Å². The van der Waals surface area contributed by atoms with Gasteiger partial charge in [0.2, 0.25) is 0 Å². The van der Waals surface area contributed by atoms with Gasteiger partial charge in [0, 0.05) is 0 Å². The highest BCUT2D eigenvalue weighted by Crippen LogP contribution is 2.33. The largest absolute Gasteiger partial charge is 0.0879 e. The lowest BCUT2D eigenvalue weighted by Gasteiger charge is -2.24. The molecule has 0 bridgehead atoms. The Labute approximate surface area is 144 Å². The highest BCUT2D eigenvalue weighted by atomic mass is 14.2. The van der Waals surface area contributed by atoms with E-state index in [2.05, 4.69) is 24.3 Å². The predicted octanol–water partition coefficient (Wildman–Crippen LogP) is 7.46. The molecule has 0 radical (unpaired) electrons. The van der Waals surface area contributed by atoms with Crippen molar-refractivity contribution >= 4 is 0 Å². The van der Waals surface area contributed by atoms with Gasteiger partial charge >= 0.3 is 0 Å². The lowest BCUT2D eigenvalue weighted by Crippen LogP contribution is -2.10. The highest BCUT2D eigenvalue weighted by molar-refractivity contribution is 5.02. The number of hydrogen-bond acceptors (Lipinski definition) is 0. The quantitative estimate of drug-likeness (QED) is 0.367. The first-order chi connectivity index (χ1) is 11.4. The van der Waals surface area contributed by atoms with Gasteiger partial charge in [-0.2, -0.15) is 0 Å². The maximum atomic E-state index is 2.55. The summed E-state index contributed by atoms with van der Waals surface area (Å²) in [4.78, 5) is 0. The van der Waals surface area contributed by atoms with Crippen LogP contribution in [-0.4, -0.2) is 0 Å². The Morgan fingerprint density at radius 2 is 1.26 bits per heavy atom. The molecule has 1 unspecified atom stereocenters. The Hall–Kier alpha value is -0.520. The minimum atomic E-state index is 0.720. The van der Waals surface area contributed by atoms with E-state index in [4.69, 9.17) is 0 Å². The van der Waals surface area contributed by atoms with Gasteiger partial charge in [0.1, 0.15) is 0 Å². The smallest absolute Gasteiger partial charge is 0.00534 e. The van der Waals surface area contributed by atoms with Gasteiger partial charge < -0.3 is 0 Å². The summed E-state index contributed by atoms with van der Waals surface area (Å²) in [6.07, 6.45) is 32.0. The van der Waals surface area contributed by atoms with Crippen LogP contribution in [0.2, 0.25) is 0 Å². The Morgan fingerprint density at radius 3 is 1.91 bits per heavy atom. The van der Waals surface area contributed by atoms with Crippen molar-refractivity contribution in [1.29, 1.82) is 0 Å². The summed E-state index contributed by atoms with van der Waals surface area (Å²) < 4.78 is 0. The summed E-state index contributed by atoms with van der Waals surface area (Å²) in [5, 5.41) is 0. The normalized spacial score (nSPS) is 25.2. The van der Waals surface area contributed by atoms with Crippen LogP contribution in [0.3, 0.4) is 0 Å². The van der Waals surface area contributed by atoms with E-state index in [-0.39, 0.29) is 0 Å². The van der Waals surface area contributed by atoms with Crippen LogP contribution in [0, 0.1) is 23.7 Å². The van der Waals surface area contributed by atoms with Crippen molar-refractivity contribution in [2.75, 3.05) is 0 Å². The van der Waals surface area contributed by atoms with E-state index in [0.717, 1.165) is 23.7 Å². The molecule has 23 heavy (non-hydrogen) atoms. The van der Waals surface area contributed by atoms with Crippen LogP contribution in [0.1, 0.15) is 96.3 Å². The minimum Gasteiger partial charge on any atom is -0.0879 e. The summed E-state index contributed by atoms with van der Waals surface area (Å²) in [6.45, 7) is 0. The molecule has 1 atom stereocenters. The Bertz CT molecular complexity index is 363. The molecule has 0 aromatic heterocycles. The summed E-state index contributed by atoms with van der Waals surface area (Å²) in [6, 6.07) is 0. The molecular weight excluding hydrogens is 276 g/mol. The Balaban J connectivity index is 1.39. The van der Waals surface area contributed by atoms with Gasteiger partial charge in [0.15, 0.2) is 0 Å². The van der Waals surface area contributed by atoms with E-state index < -0.39 is 0 Å². The standard InChI is InChI=1S/C23H38/c1(8-20-12-5-13-20)2-11-23(17-7-16-21-14-6-15-21)19-18-22-9-3-4-10-22/h2,7,11,17,20-23H,1,3-6,8-10,12-16,18-19H2. The Kier molecular flexibility index (Phi) is 7.30. The maximum absolute atomic E-state index is 2.55. The van der Waals surface area contributed by atoms with Gasteiger partial charge in [-0.15, -0.1) is 0 Å². The van der Waals surface area contributed by atoms with Crippen molar-refractivity contribution in [1.82, 2.24) is 0 Å². The summed E-state index contributed by atoms with van der Waals surface area (Å²) in [5.74, 6) is 3.84. The number of rotatable bonds is 10. The molecule has 3 aliphatic carbocycles. The Morgan fingerprint density at radius 1 is 0.652 bits per heavy atom. The third-order valence-corrected chi connectivity index (χ3v) is 6.81. The second-order valence-corrected chi connectivity index (χ2v) is 8.65. The van der Waals surface area contributed by atoms with Crippen molar-refractivity contribution < 1.29 is 0 Å². The van der Waals surface area contributed by atoms with E-state index in [1.165, 1.54) is 96.3 Å². The van der Waals surface area contributed by atoms with Crippen molar-refractivity contribution in [2.24, 2.45) is 23.7 Å². The first kappa shape index (κ1) is 17.3. The average Bonchev–Trinajstić information content (AvgIpc) is 2.97. The zero-order valence-electron chi connectivity index (χ0n) is 15.2. The third-order valence-electron chi connectivity index (χ3n) is 6.81. The first-order valence-electron chi connectivity index (χ1n) is 10.7. The van der Waals surface area contributed by atoms with E-state index in [1.54, 1.807) is 0 Å². The summed E-state index contributed by atoms with van der Waals surface area (Å²) >= 11 is 0. The summed E-state index contributed by atoms with van der Waals surface area (Å²) in [5.41, 5.74) is 0. The topological polar surface area (TPSA) is 0 Å². The second-order valence-electron chi connectivity index (χ2n) is 8.65. The molecule has 0 amide bonds. The molecule has 0 aromatic rings. The molecule has 0 spiro atoms. The lowest BCUT2D eigenvalue weighted by atomic mass is 9.82. The number of hydrogen-bond donors (Lipinski definition) is 0. The molecule has 0 aromatic carbocycles. The van der Waals surface area contributed by atoms with Gasteiger partial charge in [-0.05, 0) is 55.8 Å². The SMILES string of the molecule is C(=CC(C=CCC1CCC1)CCC1CCCC1)CCC1CCC1. The molecule has 3 aliphatic rings. The molecule has 3 fully saturated rings. The van der Waals surface area contributed by atoms with Crippen molar-refractivity contribution in [3.8, 4) is 0 Å². The molecule has 3 saturated carbocycles. The molecular formula is C23H38. The highest BCUT2D eigenvalue weighted by Gasteiger charge is 2.18. The van der Waals surface area contributed by atoms with E-state index >= 15 is 0 Å². The van der Waals surface area contributed by atoms with Crippen LogP contribution >= 0.6 is 0 Å². The van der Waals surface area contributed by atoms with Gasteiger partial charge in [-0.3, -0.25) is 0 Å². The zero-order chi connectivity index (χ0) is 15.7. The van der Waals surface area contributed by atoms with Gasteiger partial charge in [0.05, 0.1) is 0 Å². The molecule has 0 N–H and O–H groups in total.